The SMILES string of the molecule is CCCCC/C=C/C/C=C/C/C=C/C/C=C/C/C=C/CCC(=O)O[C@H](COC(=O)CCCC/C=C/C/C=C/CCCCCCCC)COP(=O)(O)OC[C@H](N)C(=O)O. The molecule has 0 rings (SSSR count). The molecule has 0 aliphatic heterocycles. The van der Waals surface area contributed by atoms with E-state index < -0.39 is 57.7 Å². The quantitative estimate of drug-likeness (QED) is 0.0233. The largest absolute Gasteiger partial charge is 0.480 e. The fourth-order valence-electron chi connectivity index (χ4n) is 5.19. The molecule has 0 spiro atoms. The fourth-order valence-corrected chi connectivity index (χ4v) is 5.97. The van der Waals surface area contributed by atoms with Gasteiger partial charge in [0.25, 0.3) is 0 Å². The Balaban J connectivity index is 4.57. The Labute approximate surface area is 350 Å². The number of hydrogen-bond donors (Lipinski definition) is 3. The number of carboxylic acid groups (broad SMARTS) is 1. The normalized spacial score (nSPS) is 14.6. The van der Waals surface area contributed by atoms with Gasteiger partial charge in [-0.05, 0) is 83.5 Å². The van der Waals surface area contributed by atoms with Gasteiger partial charge in [0.1, 0.15) is 12.6 Å². The van der Waals surface area contributed by atoms with Crippen LogP contribution in [0.5, 0.6) is 0 Å². The maximum Gasteiger partial charge on any atom is 0.472 e. The van der Waals surface area contributed by atoms with Crippen molar-refractivity contribution in [1.82, 2.24) is 0 Å². The molecule has 0 amide bonds. The average Bonchev–Trinajstić information content (AvgIpc) is 3.20. The molecule has 0 bridgehead atoms. The van der Waals surface area contributed by atoms with Gasteiger partial charge in [0.2, 0.25) is 0 Å². The molecular weight excluding hydrogens is 757 g/mol. The number of ether oxygens (including phenoxy) is 2. The average molecular weight is 834 g/mol. The standard InChI is InChI=1S/C46H76NO10P/c1-3-5-7-9-11-13-15-17-19-20-21-22-24-26-28-30-32-34-36-38-45(49)57-42(40-55-58(52,53)56-41-43(47)46(50)51)39-54-44(48)37-35-33-31-29-27-25-23-18-16-14-12-10-8-6-4-2/h11,13,17-19,21-23,26-29,32,34,42-43H,3-10,12,14-16,20,24-25,30-31,33,35-41,47H2,1-2H3,(H,50,51)(H,52,53)/b13-11+,19-17+,22-21+,23-18+,28-26+,29-27+,34-32+/t42-,43+/m1/s1. The van der Waals surface area contributed by atoms with Crippen LogP contribution in [0.2, 0.25) is 0 Å². The first-order valence-corrected chi connectivity index (χ1v) is 23.1. The molecule has 0 aliphatic rings. The van der Waals surface area contributed by atoms with E-state index in [-0.39, 0.29) is 12.8 Å². The van der Waals surface area contributed by atoms with Crippen molar-refractivity contribution >= 4 is 25.7 Å². The molecule has 58 heavy (non-hydrogen) atoms. The molecule has 0 saturated carbocycles. The van der Waals surface area contributed by atoms with Crippen molar-refractivity contribution in [2.24, 2.45) is 5.73 Å². The molecule has 4 N–H and O–H groups in total. The summed E-state index contributed by atoms with van der Waals surface area (Å²) in [4.78, 5) is 45.9. The lowest BCUT2D eigenvalue weighted by Crippen LogP contribution is -2.34. The number of aliphatic carboxylic acids is 1. The Morgan fingerprint density at radius 2 is 0.948 bits per heavy atom. The maximum atomic E-state index is 12.6. The number of phosphoric ester groups is 1. The first-order valence-electron chi connectivity index (χ1n) is 21.6. The topological polar surface area (TPSA) is 172 Å². The molecule has 1 unspecified atom stereocenters. The summed E-state index contributed by atoms with van der Waals surface area (Å²) < 4.78 is 32.5. The molecule has 330 valence electrons. The van der Waals surface area contributed by atoms with Crippen LogP contribution in [0.4, 0.5) is 0 Å². The number of carbonyl (C=O) groups is 3. The maximum absolute atomic E-state index is 12.6. The number of carboxylic acids is 1. The van der Waals surface area contributed by atoms with E-state index in [1.807, 2.05) is 18.2 Å². The third-order valence-electron chi connectivity index (χ3n) is 8.63. The summed E-state index contributed by atoms with van der Waals surface area (Å²) in [6.45, 7) is 2.64. The van der Waals surface area contributed by atoms with Crippen LogP contribution < -0.4 is 5.73 Å². The second kappa shape index (κ2) is 40.4. The Morgan fingerprint density at radius 1 is 0.534 bits per heavy atom. The number of esters is 2. The van der Waals surface area contributed by atoms with E-state index in [1.165, 1.54) is 57.8 Å². The first-order chi connectivity index (χ1) is 28.1. The van der Waals surface area contributed by atoms with Crippen molar-refractivity contribution < 1.29 is 47.5 Å². The minimum Gasteiger partial charge on any atom is -0.480 e. The highest BCUT2D eigenvalue weighted by Crippen LogP contribution is 2.43. The minimum atomic E-state index is -4.75. The van der Waals surface area contributed by atoms with Gasteiger partial charge in [-0.1, -0.05) is 144 Å². The lowest BCUT2D eigenvalue weighted by atomic mass is 10.1. The molecule has 12 heteroatoms. The van der Waals surface area contributed by atoms with E-state index in [4.69, 9.17) is 24.8 Å². The van der Waals surface area contributed by atoms with Gasteiger partial charge in [-0.2, -0.15) is 0 Å². The van der Waals surface area contributed by atoms with E-state index >= 15 is 0 Å². The van der Waals surface area contributed by atoms with Gasteiger partial charge in [0.05, 0.1) is 13.2 Å². The molecule has 0 heterocycles. The van der Waals surface area contributed by atoms with Gasteiger partial charge in [0.15, 0.2) is 6.10 Å². The van der Waals surface area contributed by atoms with E-state index in [1.54, 1.807) is 0 Å². The Kier molecular flexibility index (Phi) is 38.1. The molecule has 0 aromatic heterocycles. The van der Waals surface area contributed by atoms with E-state index in [9.17, 15) is 23.8 Å². The van der Waals surface area contributed by atoms with Crippen molar-refractivity contribution in [2.75, 3.05) is 19.8 Å². The van der Waals surface area contributed by atoms with Crippen LogP contribution >= 0.6 is 7.82 Å². The third kappa shape index (κ3) is 39.5. The lowest BCUT2D eigenvalue weighted by molar-refractivity contribution is -0.161. The van der Waals surface area contributed by atoms with Gasteiger partial charge in [-0.25, -0.2) is 4.57 Å². The van der Waals surface area contributed by atoms with Gasteiger partial charge < -0.3 is 25.2 Å². The van der Waals surface area contributed by atoms with E-state index in [0.717, 1.165) is 51.4 Å². The van der Waals surface area contributed by atoms with Crippen LogP contribution in [0.1, 0.15) is 155 Å². The van der Waals surface area contributed by atoms with Gasteiger partial charge in [0, 0.05) is 12.8 Å². The third-order valence-corrected chi connectivity index (χ3v) is 9.58. The summed E-state index contributed by atoms with van der Waals surface area (Å²) in [5, 5.41) is 8.88. The summed E-state index contributed by atoms with van der Waals surface area (Å²) >= 11 is 0. The number of hydrogen-bond acceptors (Lipinski definition) is 9. The predicted molar refractivity (Wildman–Crippen MR) is 235 cm³/mol. The molecule has 0 saturated heterocycles. The zero-order valence-corrected chi connectivity index (χ0v) is 36.5. The monoisotopic (exact) mass is 834 g/mol. The second-order valence-electron chi connectivity index (χ2n) is 14.1. The molecule has 0 aromatic rings. The molecule has 11 nitrogen and oxygen atoms in total. The molecule has 3 atom stereocenters. The van der Waals surface area contributed by atoms with Gasteiger partial charge >= 0.3 is 25.7 Å². The summed E-state index contributed by atoms with van der Waals surface area (Å²) in [6, 6.07) is -1.54. The van der Waals surface area contributed by atoms with E-state index in [0.29, 0.717) is 19.3 Å². The molecule has 0 aromatic carbocycles. The predicted octanol–water partition coefficient (Wildman–Crippen LogP) is 11.5. The Bertz CT molecular complexity index is 1300. The smallest absolute Gasteiger partial charge is 0.472 e. The van der Waals surface area contributed by atoms with Crippen molar-refractivity contribution in [1.29, 1.82) is 0 Å². The number of carbonyl (C=O) groups excluding carboxylic acids is 2. The van der Waals surface area contributed by atoms with Crippen molar-refractivity contribution in [3.63, 3.8) is 0 Å². The summed E-state index contributed by atoms with van der Waals surface area (Å²) in [6.07, 6.45) is 49.5. The van der Waals surface area contributed by atoms with E-state index in [2.05, 4.69) is 85.2 Å². The lowest BCUT2D eigenvalue weighted by Gasteiger charge is -2.20. The van der Waals surface area contributed by atoms with Crippen LogP contribution in [0, 0.1) is 0 Å². The van der Waals surface area contributed by atoms with Crippen LogP contribution in [-0.4, -0.2) is 59.9 Å². The number of rotatable bonds is 39. The number of nitrogens with two attached hydrogens (primary N) is 1. The molecule has 0 fully saturated rings. The Hall–Kier alpha value is -3.34. The van der Waals surface area contributed by atoms with Gasteiger partial charge in [-0.3, -0.25) is 23.4 Å². The first kappa shape index (κ1) is 54.7. The highest BCUT2D eigenvalue weighted by molar-refractivity contribution is 7.47. The fraction of sp³-hybridized carbons (Fsp3) is 0.630. The van der Waals surface area contributed by atoms with Crippen molar-refractivity contribution in [3.8, 4) is 0 Å². The second-order valence-corrected chi connectivity index (χ2v) is 15.6. The highest BCUT2D eigenvalue weighted by Gasteiger charge is 2.28. The summed E-state index contributed by atoms with van der Waals surface area (Å²) in [5.74, 6) is -2.54. The van der Waals surface area contributed by atoms with Crippen LogP contribution in [-0.2, 0) is 37.5 Å². The molecule has 0 radical (unpaired) electrons. The van der Waals surface area contributed by atoms with Gasteiger partial charge in [-0.15, -0.1) is 0 Å². The number of phosphoric acid groups is 1. The Morgan fingerprint density at radius 3 is 1.47 bits per heavy atom. The zero-order valence-electron chi connectivity index (χ0n) is 35.6. The van der Waals surface area contributed by atoms with Crippen LogP contribution in [0.25, 0.3) is 0 Å². The summed E-state index contributed by atoms with van der Waals surface area (Å²) in [7, 11) is -4.75. The molecule has 0 aliphatic carbocycles. The number of allylic oxidation sites excluding steroid dienone is 14. The van der Waals surface area contributed by atoms with Crippen molar-refractivity contribution in [3.05, 3.63) is 85.1 Å². The molecular formula is C46H76NO10P. The minimum absolute atomic E-state index is 0.0265. The van der Waals surface area contributed by atoms with Crippen LogP contribution in [0.3, 0.4) is 0 Å². The summed E-state index contributed by atoms with van der Waals surface area (Å²) in [5.41, 5.74) is 5.32. The number of unbranched alkanes of at least 4 members (excludes halogenated alkanes) is 11. The highest BCUT2D eigenvalue weighted by atomic mass is 31.2. The zero-order chi connectivity index (χ0) is 42.8. The van der Waals surface area contributed by atoms with Crippen LogP contribution in [0.15, 0.2) is 85.1 Å². The van der Waals surface area contributed by atoms with Crippen molar-refractivity contribution in [2.45, 2.75) is 167 Å².